The minimum absolute atomic E-state index is 0.101. The van der Waals surface area contributed by atoms with Crippen molar-refractivity contribution < 1.29 is 0 Å². The summed E-state index contributed by atoms with van der Waals surface area (Å²) in [5, 5.41) is 14.8. The van der Waals surface area contributed by atoms with E-state index in [1.165, 1.54) is 0 Å². The second kappa shape index (κ2) is 11.0. The van der Waals surface area contributed by atoms with E-state index in [-0.39, 0.29) is 5.69 Å². The molecule has 190 valence electrons. The highest BCUT2D eigenvalue weighted by Gasteiger charge is 2.18. The number of unbranched alkanes of at least 4 members (excludes halogenated alkanes) is 1. The minimum Gasteiger partial charge on any atom is -0.333 e. The van der Waals surface area contributed by atoms with E-state index in [9.17, 15) is 4.79 Å². The lowest BCUT2D eigenvalue weighted by atomic mass is 10.0. The first-order chi connectivity index (χ1) is 18.1. The zero-order valence-corrected chi connectivity index (χ0v) is 21.7. The number of hydrogen-bond donors (Lipinski definition) is 1. The van der Waals surface area contributed by atoms with Crippen LogP contribution in [0.2, 0.25) is 5.02 Å². The van der Waals surface area contributed by atoms with E-state index in [1.54, 1.807) is 4.57 Å². The van der Waals surface area contributed by atoms with Gasteiger partial charge in [-0.3, -0.25) is 14.1 Å². The van der Waals surface area contributed by atoms with Gasteiger partial charge in [0.1, 0.15) is 5.82 Å². The molecule has 1 aromatic carbocycles. The maximum Gasteiger partial charge on any atom is 0.334 e. The standard InChI is InChI=1S/C27H29ClN8O/c1-3-5-8-20-18-36(26-23(28)13-15-34(26)14-4-2)27(37)35(20)17-19-11-12-24(29-16-19)21-9-6-7-10-22(21)25-30-32-33-31-25/h6-7,9-13,15-16,18H,3-5,8,14,17H2,1-2H3,(H,30,31,32,33). The molecule has 4 heterocycles. The summed E-state index contributed by atoms with van der Waals surface area (Å²) >= 11 is 6.52. The first kappa shape index (κ1) is 24.7. The normalized spacial score (nSPS) is 11.3. The number of aryl methyl sites for hydroxylation is 2. The highest BCUT2D eigenvalue weighted by atomic mass is 35.5. The first-order valence-corrected chi connectivity index (χ1v) is 12.9. The average Bonchev–Trinajstić information content (AvgIpc) is 3.65. The highest BCUT2D eigenvalue weighted by Crippen LogP contribution is 2.28. The van der Waals surface area contributed by atoms with E-state index in [0.717, 1.165) is 66.1 Å². The molecule has 0 saturated carbocycles. The summed E-state index contributed by atoms with van der Waals surface area (Å²) in [6, 6.07) is 13.7. The number of nitrogens with zero attached hydrogens (tertiary/aromatic N) is 7. The lowest BCUT2D eigenvalue weighted by Crippen LogP contribution is -2.26. The lowest BCUT2D eigenvalue weighted by Gasteiger charge is -2.10. The summed E-state index contributed by atoms with van der Waals surface area (Å²) < 4.78 is 5.56. The van der Waals surface area contributed by atoms with Gasteiger partial charge in [-0.15, -0.1) is 5.10 Å². The van der Waals surface area contributed by atoms with Gasteiger partial charge in [0.05, 0.1) is 17.3 Å². The number of imidazole rings is 1. The van der Waals surface area contributed by atoms with Crippen molar-refractivity contribution in [3.05, 3.63) is 87.8 Å². The Balaban J connectivity index is 1.48. The van der Waals surface area contributed by atoms with E-state index in [0.29, 0.717) is 17.4 Å². The molecule has 0 aliphatic rings. The van der Waals surface area contributed by atoms with Crippen LogP contribution in [0.4, 0.5) is 0 Å². The third-order valence-electron chi connectivity index (χ3n) is 6.40. The summed E-state index contributed by atoms with van der Waals surface area (Å²) in [6.45, 7) is 5.48. The molecular weight excluding hydrogens is 488 g/mol. The van der Waals surface area contributed by atoms with E-state index in [4.69, 9.17) is 16.6 Å². The molecule has 1 N–H and O–H groups in total. The molecule has 4 aromatic heterocycles. The van der Waals surface area contributed by atoms with Crippen molar-refractivity contribution in [2.24, 2.45) is 0 Å². The fraction of sp³-hybridized carbons (Fsp3) is 0.296. The van der Waals surface area contributed by atoms with Crippen LogP contribution in [-0.2, 0) is 19.5 Å². The number of aromatic amines is 1. The van der Waals surface area contributed by atoms with E-state index in [2.05, 4.69) is 34.5 Å². The van der Waals surface area contributed by atoms with Crippen molar-refractivity contribution in [3.63, 3.8) is 0 Å². The number of nitrogens with one attached hydrogen (secondary N) is 1. The second-order valence-corrected chi connectivity index (χ2v) is 9.40. The van der Waals surface area contributed by atoms with Gasteiger partial charge in [-0.05, 0) is 47.4 Å². The smallest absolute Gasteiger partial charge is 0.333 e. The van der Waals surface area contributed by atoms with Gasteiger partial charge in [0.25, 0.3) is 0 Å². The molecule has 0 saturated heterocycles. The Hall–Kier alpha value is -3.98. The van der Waals surface area contributed by atoms with Crippen molar-refractivity contribution >= 4 is 11.6 Å². The van der Waals surface area contributed by atoms with E-state index < -0.39 is 0 Å². The van der Waals surface area contributed by atoms with Gasteiger partial charge in [0.15, 0.2) is 5.82 Å². The topological polar surface area (TPSA) is 99.2 Å². The van der Waals surface area contributed by atoms with Crippen molar-refractivity contribution in [1.82, 2.24) is 39.3 Å². The zero-order chi connectivity index (χ0) is 25.8. The highest BCUT2D eigenvalue weighted by molar-refractivity contribution is 6.32. The van der Waals surface area contributed by atoms with Crippen LogP contribution in [0.5, 0.6) is 0 Å². The molecule has 5 aromatic rings. The number of benzene rings is 1. The molecular formula is C27H29ClN8O. The Morgan fingerprint density at radius 3 is 2.57 bits per heavy atom. The summed E-state index contributed by atoms with van der Waals surface area (Å²) in [6.07, 6.45) is 9.51. The average molecular weight is 517 g/mol. The van der Waals surface area contributed by atoms with Gasteiger partial charge in [0, 0.05) is 42.0 Å². The van der Waals surface area contributed by atoms with Crippen molar-refractivity contribution in [3.8, 4) is 28.5 Å². The number of pyridine rings is 1. The second-order valence-electron chi connectivity index (χ2n) is 8.99. The SMILES string of the molecule is CCCCc1cn(-c2c(Cl)ccn2CCC)c(=O)n1Cc1ccc(-c2ccccc2-c2nnn[nH]2)nc1. The van der Waals surface area contributed by atoms with Gasteiger partial charge in [0.2, 0.25) is 0 Å². The maximum absolute atomic E-state index is 13.6. The Labute approximate surface area is 219 Å². The molecule has 0 spiro atoms. The van der Waals surface area contributed by atoms with Crippen molar-refractivity contribution in [2.45, 2.75) is 52.6 Å². The van der Waals surface area contributed by atoms with Crippen LogP contribution in [0.1, 0.15) is 44.4 Å². The number of halogens is 1. The van der Waals surface area contributed by atoms with Gasteiger partial charge >= 0.3 is 5.69 Å². The first-order valence-electron chi connectivity index (χ1n) is 12.5. The monoisotopic (exact) mass is 516 g/mol. The Morgan fingerprint density at radius 2 is 1.86 bits per heavy atom. The largest absolute Gasteiger partial charge is 0.334 e. The molecule has 37 heavy (non-hydrogen) atoms. The lowest BCUT2D eigenvalue weighted by molar-refractivity contribution is 0.644. The van der Waals surface area contributed by atoms with E-state index >= 15 is 0 Å². The summed E-state index contributed by atoms with van der Waals surface area (Å²) in [4.78, 5) is 18.4. The molecule has 0 fully saturated rings. The van der Waals surface area contributed by atoms with Crippen molar-refractivity contribution in [1.29, 1.82) is 0 Å². The van der Waals surface area contributed by atoms with Crippen LogP contribution in [0.25, 0.3) is 28.5 Å². The van der Waals surface area contributed by atoms with Crippen LogP contribution in [0.3, 0.4) is 0 Å². The third-order valence-corrected chi connectivity index (χ3v) is 6.69. The number of hydrogen-bond acceptors (Lipinski definition) is 5. The third kappa shape index (κ3) is 4.99. The summed E-state index contributed by atoms with van der Waals surface area (Å²) in [5.74, 6) is 1.30. The van der Waals surface area contributed by atoms with Crippen LogP contribution in [0, 0.1) is 0 Å². The molecule has 0 bridgehead atoms. The molecule has 0 aliphatic heterocycles. The van der Waals surface area contributed by atoms with Gasteiger partial charge in [-0.2, -0.15) is 0 Å². The van der Waals surface area contributed by atoms with Crippen LogP contribution in [0.15, 0.2) is 65.8 Å². The molecule has 0 atom stereocenters. The number of rotatable bonds is 10. The summed E-state index contributed by atoms with van der Waals surface area (Å²) in [5.41, 5.74) is 4.42. The van der Waals surface area contributed by atoms with E-state index in [1.807, 2.05) is 70.2 Å². The fourth-order valence-corrected chi connectivity index (χ4v) is 4.82. The predicted octanol–water partition coefficient (Wildman–Crippen LogP) is 5.14. The summed E-state index contributed by atoms with van der Waals surface area (Å²) in [7, 11) is 0. The molecule has 0 aliphatic carbocycles. The fourth-order valence-electron chi connectivity index (χ4n) is 4.56. The quantitative estimate of drug-likeness (QED) is 0.277. The van der Waals surface area contributed by atoms with Crippen molar-refractivity contribution in [2.75, 3.05) is 0 Å². The predicted molar refractivity (Wildman–Crippen MR) is 144 cm³/mol. The van der Waals surface area contributed by atoms with Crippen LogP contribution >= 0.6 is 11.6 Å². The molecule has 0 unspecified atom stereocenters. The molecule has 9 nitrogen and oxygen atoms in total. The zero-order valence-electron chi connectivity index (χ0n) is 20.9. The van der Waals surface area contributed by atoms with Crippen LogP contribution in [-0.4, -0.2) is 39.3 Å². The molecule has 0 radical (unpaired) electrons. The van der Waals surface area contributed by atoms with Gasteiger partial charge < -0.3 is 4.57 Å². The Bertz CT molecular complexity index is 1530. The number of tetrazole rings is 1. The Kier molecular flexibility index (Phi) is 7.32. The molecule has 10 heteroatoms. The molecule has 5 rings (SSSR count). The maximum atomic E-state index is 13.6. The number of aromatic nitrogens is 8. The molecule has 0 amide bonds. The van der Waals surface area contributed by atoms with Gasteiger partial charge in [-0.25, -0.2) is 9.89 Å². The minimum atomic E-state index is -0.101. The van der Waals surface area contributed by atoms with Crippen LogP contribution < -0.4 is 5.69 Å². The van der Waals surface area contributed by atoms with Gasteiger partial charge in [-0.1, -0.05) is 62.2 Å². The Morgan fingerprint density at radius 1 is 1.03 bits per heavy atom. The number of H-pyrrole nitrogens is 1.